The molecule has 1 aromatic heterocycles. The Morgan fingerprint density at radius 1 is 1.26 bits per heavy atom. The molecular weight excluding hydrogens is 290 g/mol. The molecule has 1 aromatic rings. The predicted molar refractivity (Wildman–Crippen MR) is 87.3 cm³/mol. The van der Waals surface area contributed by atoms with Crippen molar-refractivity contribution in [3.8, 4) is 0 Å². The summed E-state index contributed by atoms with van der Waals surface area (Å²) in [6.07, 6.45) is 8.96. The lowest BCUT2D eigenvalue weighted by Crippen LogP contribution is -2.42. The Morgan fingerprint density at radius 3 is 2.83 bits per heavy atom. The van der Waals surface area contributed by atoms with Crippen molar-refractivity contribution in [3.05, 3.63) is 17.7 Å². The van der Waals surface area contributed by atoms with Crippen LogP contribution in [0, 0.1) is 11.8 Å². The van der Waals surface area contributed by atoms with Crippen LogP contribution in [-0.4, -0.2) is 46.2 Å². The number of aromatic nitrogens is 2. The van der Waals surface area contributed by atoms with E-state index in [2.05, 4.69) is 16.5 Å². The molecule has 0 aromatic carbocycles. The van der Waals surface area contributed by atoms with Crippen LogP contribution in [0.15, 0.2) is 6.20 Å². The lowest BCUT2D eigenvalue weighted by atomic mass is 9.89. The topological polar surface area (TPSA) is 47.4 Å². The highest BCUT2D eigenvalue weighted by atomic mass is 16.5. The number of imidazole rings is 1. The summed E-state index contributed by atoms with van der Waals surface area (Å²) in [5, 5.41) is 0. The molecule has 2 saturated heterocycles. The summed E-state index contributed by atoms with van der Waals surface area (Å²) in [7, 11) is 0. The van der Waals surface area contributed by atoms with Gasteiger partial charge in [0.25, 0.3) is 5.91 Å². The van der Waals surface area contributed by atoms with Crippen LogP contribution in [0.3, 0.4) is 0 Å². The van der Waals surface area contributed by atoms with E-state index >= 15 is 0 Å². The van der Waals surface area contributed by atoms with Gasteiger partial charge in [-0.1, -0.05) is 6.92 Å². The van der Waals surface area contributed by atoms with Crippen LogP contribution < -0.4 is 0 Å². The lowest BCUT2D eigenvalue weighted by molar-refractivity contribution is 0.0287. The molecule has 0 radical (unpaired) electrons. The quantitative estimate of drug-likeness (QED) is 0.842. The average molecular weight is 317 g/mol. The van der Waals surface area contributed by atoms with Gasteiger partial charge in [-0.15, -0.1) is 0 Å². The summed E-state index contributed by atoms with van der Waals surface area (Å²) in [6, 6.07) is 0. The van der Waals surface area contributed by atoms with Gasteiger partial charge in [0.15, 0.2) is 0 Å². The van der Waals surface area contributed by atoms with Crippen LogP contribution in [0.4, 0.5) is 0 Å². The number of nitrogens with zero attached hydrogens (tertiary/aromatic N) is 3. The molecule has 0 spiro atoms. The molecular formula is C18H27N3O2. The average Bonchev–Trinajstić information content (AvgIpc) is 3.24. The maximum atomic E-state index is 12.9. The van der Waals surface area contributed by atoms with Gasteiger partial charge in [-0.3, -0.25) is 4.79 Å². The van der Waals surface area contributed by atoms with Crippen LogP contribution in [0.2, 0.25) is 0 Å². The van der Waals surface area contributed by atoms with Crippen molar-refractivity contribution < 1.29 is 9.53 Å². The van der Waals surface area contributed by atoms with E-state index in [1.165, 1.54) is 19.3 Å². The van der Waals surface area contributed by atoms with E-state index in [0.717, 1.165) is 57.0 Å². The number of hydrogen-bond donors (Lipinski definition) is 0. The van der Waals surface area contributed by atoms with Gasteiger partial charge in [0.1, 0.15) is 11.5 Å². The van der Waals surface area contributed by atoms with Crippen molar-refractivity contribution in [2.75, 3.05) is 19.7 Å². The number of likely N-dealkylation sites (tertiary alicyclic amines) is 1. The van der Waals surface area contributed by atoms with E-state index in [-0.39, 0.29) is 5.91 Å². The van der Waals surface area contributed by atoms with E-state index < -0.39 is 0 Å². The molecule has 5 heteroatoms. The van der Waals surface area contributed by atoms with E-state index in [1.807, 2.05) is 4.90 Å². The molecule has 3 aliphatic heterocycles. The van der Waals surface area contributed by atoms with Crippen molar-refractivity contribution in [1.82, 2.24) is 14.5 Å². The lowest BCUT2D eigenvalue weighted by Gasteiger charge is -2.34. The van der Waals surface area contributed by atoms with Crippen LogP contribution in [0.5, 0.6) is 0 Å². The molecule has 0 bridgehead atoms. The number of ether oxygens (including phenoxy) is 1. The largest absolute Gasteiger partial charge is 0.378 e. The SMILES string of the molecule is CC1CCc2ncc(C(=O)N3CCC(C4CCCO4)CC3)n2C1. The van der Waals surface area contributed by atoms with Crippen molar-refractivity contribution in [2.24, 2.45) is 11.8 Å². The molecule has 4 heterocycles. The Balaban J connectivity index is 1.41. The van der Waals surface area contributed by atoms with Crippen LogP contribution >= 0.6 is 0 Å². The summed E-state index contributed by atoms with van der Waals surface area (Å²) in [5.74, 6) is 2.53. The molecule has 2 atom stereocenters. The Kier molecular flexibility index (Phi) is 4.14. The van der Waals surface area contributed by atoms with Gasteiger partial charge in [-0.05, 0) is 43.9 Å². The van der Waals surface area contributed by atoms with E-state index in [9.17, 15) is 4.79 Å². The number of piperidine rings is 1. The predicted octanol–water partition coefficient (Wildman–Crippen LogP) is 2.50. The molecule has 23 heavy (non-hydrogen) atoms. The Bertz CT molecular complexity index is 569. The maximum Gasteiger partial charge on any atom is 0.272 e. The molecule has 0 N–H and O–H groups in total. The smallest absolute Gasteiger partial charge is 0.272 e. The fraction of sp³-hybridized carbons (Fsp3) is 0.778. The monoisotopic (exact) mass is 317 g/mol. The third-order valence-electron chi connectivity index (χ3n) is 5.83. The fourth-order valence-electron chi connectivity index (χ4n) is 4.38. The van der Waals surface area contributed by atoms with Crippen LogP contribution in [0.25, 0.3) is 0 Å². The zero-order valence-corrected chi connectivity index (χ0v) is 14.0. The summed E-state index contributed by atoms with van der Waals surface area (Å²) >= 11 is 0. The summed E-state index contributed by atoms with van der Waals surface area (Å²) in [5.41, 5.74) is 0.794. The second-order valence-electron chi connectivity index (χ2n) is 7.50. The van der Waals surface area contributed by atoms with Gasteiger partial charge in [0.2, 0.25) is 0 Å². The highest BCUT2D eigenvalue weighted by Gasteiger charge is 2.32. The number of aryl methyl sites for hydroxylation is 1. The standard InChI is InChI=1S/C18H27N3O2/c1-13-4-5-17-19-11-15(21(17)12-13)18(22)20-8-6-14(7-9-20)16-3-2-10-23-16/h11,13-14,16H,2-10,12H2,1H3. The van der Waals surface area contributed by atoms with Crippen molar-refractivity contribution >= 4 is 5.91 Å². The molecule has 1 amide bonds. The summed E-state index contributed by atoms with van der Waals surface area (Å²) in [4.78, 5) is 19.4. The van der Waals surface area contributed by atoms with E-state index in [0.29, 0.717) is 17.9 Å². The number of fused-ring (bicyclic) bond motifs is 1. The zero-order valence-electron chi connectivity index (χ0n) is 14.0. The first-order valence-electron chi connectivity index (χ1n) is 9.17. The summed E-state index contributed by atoms with van der Waals surface area (Å²) in [6.45, 7) is 5.83. The fourth-order valence-corrected chi connectivity index (χ4v) is 4.38. The zero-order chi connectivity index (χ0) is 15.8. The van der Waals surface area contributed by atoms with Crippen molar-refractivity contribution in [2.45, 2.75) is 58.1 Å². The molecule has 5 nitrogen and oxygen atoms in total. The van der Waals surface area contributed by atoms with E-state index in [1.54, 1.807) is 6.20 Å². The first-order chi connectivity index (χ1) is 11.2. The Hall–Kier alpha value is -1.36. The van der Waals surface area contributed by atoms with Gasteiger partial charge in [-0.2, -0.15) is 0 Å². The third-order valence-corrected chi connectivity index (χ3v) is 5.83. The molecule has 0 saturated carbocycles. The minimum absolute atomic E-state index is 0.170. The first kappa shape index (κ1) is 15.2. The molecule has 0 aliphatic carbocycles. The second kappa shape index (κ2) is 6.27. The van der Waals surface area contributed by atoms with Gasteiger partial charge in [0.05, 0.1) is 12.3 Å². The van der Waals surface area contributed by atoms with Gasteiger partial charge in [0, 0.05) is 32.7 Å². The molecule has 4 rings (SSSR count). The highest BCUT2D eigenvalue weighted by molar-refractivity contribution is 5.92. The number of amides is 1. The number of carbonyl (C=O) groups is 1. The minimum atomic E-state index is 0.170. The molecule has 2 fully saturated rings. The Labute approximate surface area is 138 Å². The number of hydrogen-bond acceptors (Lipinski definition) is 3. The highest BCUT2D eigenvalue weighted by Crippen LogP contribution is 2.30. The van der Waals surface area contributed by atoms with Gasteiger partial charge < -0.3 is 14.2 Å². The maximum absolute atomic E-state index is 12.9. The van der Waals surface area contributed by atoms with Crippen molar-refractivity contribution in [3.63, 3.8) is 0 Å². The second-order valence-corrected chi connectivity index (χ2v) is 7.50. The molecule has 126 valence electrons. The van der Waals surface area contributed by atoms with Crippen LogP contribution in [-0.2, 0) is 17.7 Å². The van der Waals surface area contributed by atoms with Crippen LogP contribution in [0.1, 0.15) is 55.3 Å². The molecule has 2 unspecified atom stereocenters. The third kappa shape index (κ3) is 2.91. The Morgan fingerprint density at radius 2 is 2.09 bits per heavy atom. The summed E-state index contributed by atoms with van der Waals surface area (Å²) < 4.78 is 7.98. The van der Waals surface area contributed by atoms with Crippen molar-refractivity contribution in [1.29, 1.82) is 0 Å². The van der Waals surface area contributed by atoms with Gasteiger partial charge >= 0.3 is 0 Å². The first-order valence-corrected chi connectivity index (χ1v) is 9.17. The normalized spacial score (nSPS) is 28.8. The minimum Gasteiger partial charge on any atom is -0.378 e. The molecule has 3 aliphatic rings. The number of carbonyl (C=O) groups excluding carboxylic acids is 1. The van der Waals surface area contributed by atoms with E-state index in [4.69, 9.17) is 4.74 Å². The van der Waals surface area contributed by atoms with Gasteiger partial charge in [-0.25, -0.2) is 4.98 Å². The number of rotatable bonds is 2.